The number of alkyl halides is 3. The molecule has 1 saturated carbocycles. The molecule has 1 N–H and O–H groups in total. The van der Waals surface area contributed by atoms with Gasteiger partial charge in [0.1, 0.15) is 0 Å². The third-order valence-corrected chi connectivity index (χ3v) is 5.81. The standard InChI is InChI=1S/C20H25F3N2O2/c1-12-6-5-7-13(10-12)17(26)25-19(27,20(21,22)23)15-11-14(18(2,3)4)8-9-16(15)24-25/h5-7,10,14-15,27H,8-9,11H2,1-4H3/t14-,15+,19-/m0/s1. The van der Waals surface area contributed by atoms with E-state index in [0.717, 1.165) is 5.56 Å². The number of hydrogen-bond acceptors (Lipinski definition) is 3. The first-order valence-corrected chi connectivity index (χ1v) is 9.13. The minimum atomic E-state index is -5.01. The summed E-state index contributed by atoms with van der Waals surface area (Å²) in [5.41, 5.74) is -2.42. The van der Waals surface area contributed by atoms with Gasteiger partial charge in [0.2, 0.25) is 0 Å². The first-order valence-electron chi connectivity index (χ1n) is 9.13. The SMILES string of the molecule is Cc1cccc(C(=O)N2N=C3CC[C@H](C(C)(C)C)C[C@H]3[C@]2(O)C(F)(F)F)c1. The minimum absolute atomic E-state index is 0.00402. The lowest BCUT2D eigenvalue weighted by molar-refractivity contribution is -0.314. The highest BCUT2D eigenvalue weighted by Gasteiger charge is 2.69. The molecule has 2 aliphatic rings. The Hall–Kier alpha value is -1.89. The van der Waals surface area contributed by atoms with Crippen LogP contribution in [0.3, 0.4) is 0 Å². The number of aryl methyl sites for hydroxylation is 1. The molecule has 1 aliphatic heterocycles. The maximum Gasteiger partial charge on any atom is 0.439 e. The second-order valence-corrected chi connectivity index (χ2v) is 8.69. The molecule has 0 spiro atoms. The zero-order valence-corrected chi connectivity index (χ0v) is 16.0. The van der Waals surface area contributed by atoms with Crippen LogP contribution in [0.2, 0.25) is 0 Å². The minimum Gasteiger partial charge on any atom is -0.362 e. The number of aliphatic hydroxyl groups is 1. The Bertz CT molecular complexity index is 782. The maximum atomic E-state index is 14.0. The van der Waals surface area contributed by atoms with Crippen molar-refractivity contribution < 1.29 is 23.1 Å². The summed E-state index contributed by atoms with van der Waals surface area (Å²) in [6.45, 7) is 7.70. The van der Waals surface area contributed by atoms with Crippen molar-refractivity contribution in [1.29, 1.82) is 0 Å². The molecule has 1 aromatic carbocycles. The molecular formula is C20H25F3N2O2. The van der Waals surface area contributed by atoms with E-state index in [1.165, 1.54) is 12.1 Å². The molecule has 0 saturated heterocycles. The van der Waals surface area contributed by atoms with Crippen LogP contribution in [0.15, 0.2) is 29.4 Å². The molecule has 3 atom stereocenters. The largest absolute Gasteiger partial charge is 0.439 e. The first kappa shape index (κ1) is 19.9. The zero-order chi connectivity index (χ0) is 20.2. The number of hydrazone groups is 1. The quantitative estimate of drug-likeness (QED) is 0.776. The number of nitrogens with zero attached hydrogens (tertiary/aromatic N) is 2. The first-order chi connectivity index (χ1) is 12.4. The Kier molecular flexibility index (Phi) is 4.65. The molecule has 1 aromatic rings. The van der Waals surface area contributed by atoms with E-state index in [1.54, 1.807) is 19.1 Å². The predicted molar refractivity (Wildman–Crippen MR) is 96.1 cm³/mol. The summed E-state index contributed by atoms with van der Waals surface area (Å²) < 4.78 is 42.1. The van der Waals surface area contributed by atoms with E-state index in [1.807, 2.05) is 20.8 Å². The molecule has 27 heavy (non-hydrogen) atoms. The van der Waals surface area contributed by atoms with Crippen molar-refractivity contribution in [2.45, 2.75) is 58.9 Å². The van der Waals surface area contributed by atoms with Crippen molar-refractivity contribution in [2.75, 3.05) is 0 Å². The molecule has 0 bridgehead atoms. The highest BCUT2D eigenvalue weighted by Crippen LogP contribution is 2.52. The van der Waals surface area contributed by atoms with E-state index >= 15 is 0 Å². The van der Waals surface area contributed by atoms with Crippen molar-refractivity contribution in [3.63, 3.8) is 0 Å². The van der Waals surface area contributed by atoms with Gasteiger partial charge in [0.05, 0.1) is 5.92 Å². The lowest BCUT2D eigenvalue weighted by Crippen LogP contribution is -2.62. The normalized spacial score (nSPS) is 28.7. The Morgan fingerprint density at radius 3 is 2.52 bits per heavy atom. The van der Waals surface area contributed by atoms with Gasteiger partial charge in [-0.15, -0.1) is 0 Å². The van der Waals surface area contributed by atoms with Crippen molar-refractivity contribution in [3.05, 3.63) is 35.4 Å². The van der Waals surface area contributed by atoms with Crippen molar-refractivity contribution in [1.82, 2.24) is 5.01 Å². The second-order valence-electron chi connectivity index (χ2n) is 8.69. The van der Waals surface area contributed by atoms with Crippen LogP contribution in [0.25, 0.3) is 0 Å². The van der Waals surface area contributed by atoms with Crippen molar-refractivity contribution >= 4 is 11.6 Å². The fourth-order valence-corrected chi connectivity index (χ4v) is 4.11. The summed E-state index contributed by atoms with van der Waals surface area (Å²) in [5.74, 6) is -2.17. The Labute approximate surface area is 157 Å². The monoisotopic (exact) mass is 382 g/mol. The summed E-state index contributed by atoms with van der Waals surface area (Å²) in [5, 5.41) is 15.1. The van der Waals surface area contributed by atoms with Crippen LogP contribution in [-0.4, -0.2) is 33.6 Å². The molecule has 1 amide bonds. The highest BCUT2D eigenvalue weighted by atomic mass is 19.4. The summed E-state index contributed by atoms with van der Waals surface area (Å²) >= 11 is 0. The van der Waals surface area contributed by atoms with Crippen molar-refractivity contribution in [3.8, 4) is 0 Å². The molecule has 4 nitrogen and oxygen atoms in total. The topological polar surface area (TPSA) is 52.9 Å². The number of hydrogen-bond donors (Lipinski definition) is 1. The van der Waals surface area contributed by atoms with Crippen LogP contribution >= 0.6 is 0 Å². The van der Waals surface area contributed by atoms with Gasteiger partial charge < -0.3 is 5.11 Å². The predicted octanol–water partition coefficient (Wildman–Crippen LogP) is 4.52. The van der Waals surface area contributed by atoms with E-state index < -0.39 is 23.7 Å². The van der Waals surface area contributed by atoms with Gasteiger partial charge in [0.15, 0.2) is 0 Å². The van der Waals surface area contributed by atoms with Crippen LogP contribution < -0.4 is 0 Å². The third kappa shape index (κ3) is 3.26. The fourth-order valence-electron chi connectivity index (χ4n) is 4.11. The Morgan fingerprint density at radius 2 is 1.96 bits per heavy atom. The van der Waals surface area contributed by atoms with Crippen molar-refractivity contribution in [2.24, 2.45) is 22.4 Å². The zero-order valence-electron chi connectivity index (χ0n) is 16.0. The molecule has 1 aliphatic carbocycles. The smallest absolute Gasteiger partial charge is 0.362 e. The van der Waals surface area contributed by atoms with E-state index in [9.17, 15) is 23.1 Å². The Balaban J connectivity index is 2.02. The van der Waals surface area contributed by atoms with Crippen LogP contribution in [0, 0.1) is 24.2 Å². The number of halogens is 3. The van der Waals surface area contributed by atoms with E-state index in [0.29, 0.717) is 12.8 Å². The molecule has 3 rings (SSSR count). The lowest BCUT2D eigenvalue weighted by Gasteiger charge is -2.42. The molecular weight excluding hydrogens is 357 g/mol. The van der Waals surface area contributed by atoms with E-state index in [2.05, 4.69) is 5.10 Å². The molecule has 1 fully saturated rings. The average Bonchev–Trinajstić information content (AvgIpc) is 2.87. The molecule has 0 aromatic heterocycles. The third-order valence-electron chi connectivity index (χ3n) is 5.81. The van der Waals surface area contributed by atoms with Gasteiger partial charge in [-0.25, -0.2) is 0 Å². The molecule has 0 radical (unpaired) electrons. The number of carbonyl (C=O) groups is 1. The maximum absolute atomic E-state index is 14.0. The fraction of sp³-hybridized carbons (Fsp3) is 0.600. The van der Waals surface area contributed by atoms with Gasteiger partial charge >= 0.3 is 6.18 Å². The van der Waals surface area contributed by atoms with Gasteiger partial charge in [0.25, 0.3) is 11.6 Å². The Morgan fingerprint density at radius 1 is 1.30 bits per heavy atom. The van der Waals surface area contributed by atoms with Crippen LogP contribution in [0.5, 0.6) is 0 Å². The van der Waals surface area contributed by atoms with Gasteiger partial charge in [-0.1, -0.05) is 38.5 Å². The molecule has 7 heteroatoms. The second kappa shape index (κ2) is 6.33. The van der Waals surface area contributed by atoms with Crippen LogP contribution in [0.1, 0.15) is 56.0 Å². The van der Waals surface area contributed by atoms with E-state index in [4.69, 9.17) is 0 Å². The van der Waals surface area contributed by atoms with E-state index in [-0.39, 0.29) is 34.0 Å². The van der Waals surface area contributed by atoms with Gasteiger partial charge in [0, 0.05) is 11.3 Å². The van der Waals surface area contributed by atoms with Crippen LogP contribution in [-0.2, 0) is 0 Å². The number of amides is 1. The highest BCUT2D eigenvalue weighted by molar-refractivity contribution is 5.99. The molecule has 1 heterocycles. The van der Waals surface area contributed by atoms with Gasteiger partial charge in [-0.3, -0.25) is 4.79 Å². The van der Waals surface area contributed by atoms with Gasteiger partial charge in [-0.2, -0.15) is 23.3 Å². The molecule has 148 valence electrons. The average molecular weight is 382 g/mol. The van der Waals surface area contributed by atoms with Crippen LogP contribution in [0.4, 0.5) is 13.2 Å². The number of rotatable bonds is 1. The summed E-state index contributed by atoms with van der Waals surface area (Å²) in [6, 6.07) is 6.28. The summed E-state index contributed by atoms with van der Waals surface area (Å²) in [4.78, 5) is 12.8. The number of carbonyl (C=O) groups excluding carboxylic acids is 1. The summed E-state index contributed by atoms with van der Waals surface area (Å²) in [6.07, 6.45) is -3.82. The number of fused-ring (bicyclic) bond motifs is 1. The lowest BCUT2D eigenvalue weighted by atomic mass is 9.66. The molecule has 0 unspecified atom stereocenters. The van der Waals surface area contributed by atoms with Gasteiger partial charge in [-0.05, 0) is 49.7 Å². The summed E-state index contributed by atoms with van der Waals surface area (Å²) in [7, 11) is 0. The number of benzene rings is 1.